The quantitative estimate of drug-likeness (QED) is 0.832. The van der Waals surface area contributed by atoms with Crippen LogP contribution >= 0.6 is 0 Å². The fraction of sp³-hybridized carbons (Fsp3) is 1.00. The molecule has 2 fully saturated rings. The number of hydrogen-bond donors (Lipinski definition) is 1. The van der Waals surface area contributed by atoms with Gasteiger partial charge in [-0.15, -0.1) is 0 Å². The van der Waals surface area contributed by atoms with E-state index in [9.17, 15) is 0 Å². The number of nitrogens with two attached hydrogens (primary N) is 1. The summed E-state index contributed by atoms with van der Waals surface area (Å²) in [4.78, 5) is 5.22. The largest absolute Gasteiger partial charge is 0.329 e. The van der Waals surface area contributed by atoms with Crippen molar-refractivity contribution in [3.8, 4) is 0 Å². The first-order chi connectivity index (χ1) is 8.72. The Morgan fingerprint density at radius 2 is 1.78 bits per heavy atom. The van der Waals surface area contributed by atoms with E-state index in [4.69, 9.17) is 5.73 Å². The van der Waals surface area contributed by atoms with E-state index in [0.717, 1.165) is 12.6 Å². The molecular formula is C15H31N3. The average Bonchev–Trinajstić information content (AvgIpc) is 2.47. The summed E-state index contributed by atoms with van der Waals surface area (Å²) in [5.41, 5.74) is 6.46. The van der Waals surface area contributed by atoms with Crippen LogP contribution in [0, 0.1) is 0 Å². The Bertz CT molecular complexity index is 240. The van der Waals surface area contributed by atoms with Gasteiger partial charge >= 0.3 is 0 Å². The lowest BCUT2D eigenvalue weighted by molar-refractivity contribution is 0.00683. The predicted molar refractivity (Wildman–Crippen MR) is 77.8 cm³/mol. The lowest BCUT2D eigenvalue weighted by Crippen LogP contribution is -2.61. The minimum absolute atomic E-state index is 0.285. The molecule has 3 heteroatoms. The van der Waals surface area contributed by atoms with Crippen LogP contribution in [0.15, 0.2) is 0 Å². The van der Waals surface area contributed by atoms with Crippen molar-refractivity contribution in [2.45, 2.75) is 63.5 Å². The first-order valence-corrected chi connectivity index (χ1v) is 7.87. The summed E-state index contributed by atoms with van der Waals surface area (Å²) in [6.07, 6.45) is 9.54. The zero-order valence-electron chi connectivity index (χ0n) is 12.3. The molecule has 2 rings (SSSR count). The van der Waals surface area contributed by atoms with Crippen LogP contribution in [-0.4, -0.2) is 54.6 Å². The smallest absolute Gasteiger partial charge is 0.0355 e. The molecule has 0 bridgehead atoms. The fourth-order valence-corrected chi connectivity index (χ4v) is 3.84. The summed E-state index contributed by atoms with van der Waals surface area (Å²) in [5.74, 6) is 0. The Hall–Kier alpha value is -0.120. The molecule has 0 aromatic rings. The molecule has 0 aromatic heterocycles. The molecule has 1 heterocycles. The van der Waals surface area contributed by atoms with Crippen molar-refractivity contribution >= 4 is 0 Å². The number of hydrogen-bond acceptors (Lipinski definition) is 3. The van der Waals surface area contributed by atoms with Gasteiger partial charge in [0.05, 0.1) is 0 Å². The summed E-state index contributed by atoms with van der Waals surface area (Å²) in [7, 11) is 2.34. The summed E-state index contributed by atoms with van der Waals surface area (Å²) >= 11 is 0. The van der Waals surface area contributed by atoms with Gasteiger partial charge in [-0.05, 0) is 52.4 Å². The third-order valence-electron chi connectivity index (χ3n) is 5.48. The molecule has 0 radical (unpaired) electrons. The Morgan fingerprint density at radius 3 is 2.28 bits per heavy atom. The number of likely N-dealkylation sites (N-methyl/N-ethyl adjacent to an activating group) is 1. The van der Waals surface area contributed by atoms with E-state index in [1.54, 1.807) is 0 Å². The molecule has 106 valence electrons. The van der Waals surface area contributed by atoms with Gasteiger partial charge in [-0.3, -0.25) is 4.90 Å². The first kappa shape index (κ1) is 14.3. The topological polar surface area (TPSA) is 32.5 Å². The molecule has 0 amide bonds. The Kier molecular flexibility index (Phi) is 5.05. The van der Waals surface area contributed by atoms with Crippen molar-refractivity contribution in [1.29, 1.82) is 0 Å². The maximum absolute atomic E-state index is 6.17. The van der Waals surface area contributed by atoms with E-state index in [1.165, 1.54) is 64.6 Å². The molecule has 1 aliphatic heterocycles. The maximum Gasteiger partial charge on any atom is 0.0355 e. The second-order valence-electron chi connectivity index (χ2n) is 6.27. The van der Waals surface area contributed by atoms with Crippen LogP contribution in [0.25, 0.3) is 0 Å². The number of rotatable bonds is 4. The zero-order chi connectivity index (χ0) is 13.0. The molecule has 1 aliphatic carbocycles. The van der Waals surface area contributed by atoms with Gasteiger partial charge in [0.25, 0.3) is 0 Å². The summed E-state index contributed by atoms with van der Waals surface area (Å²) in [5, 5.41) is 0. The molecule has 0 unspecified atom stereocenters. The van der Waals surface area contributed by atoms with Gasteiger partial charge < -0.3 is 10.6 Å². The lowest BCUT2D eigenvalue weighted by atomic mass is 9.82. The highest BCUT2D eigenvalue weighted by atomic mass is 15.2. The number of nitrogens with zero attached hydrogens (tertiary/aromatic N) is 2. The van der Waals surface area contributed by atoms with Crippen molar-refractivity contribution in [3.05, 3.63) is 0 Å². The van der Waals surface area contributed by atoms with E-state index >= 15 is 0 Å². The van der Waals surface area contributed by atoms with Crippen molar-refractivity contribution < 1.29 is 0 Å². The minimum atomic E-state index is 0.285. The van der Waals surface area contributed by atoms with Crippen molar-refractivity contribution in [1.82, 2.24) is 9.80 Å². The van der Waals surface area contributed by atoms with Crippen LogP contribution in [-0.2, 0) is 0 Å². The van der Waals surface area contributed by atoms with Crippen LogP contribution in [0.2, 0.25) is 0 Å². The van der Waals surface area contributed by atoms with Crippen LogP contribution < -0.4 is 5.73 Å². The van der Waals surface area contributed by atoms with Gasteiger partial charge in [-0.25, -0.2) is 0 Å². The summed E-state index contributed by atoms with van der Waals surface area (Å²) < 4.78 is 0. The minimum Gasteiger partial charge on any atom is -0.329 e. The molecule has 18 heavy (non-hydrogen) atoms. The van der Waals surface area contributed by atoms with Gasteiger partial charge in [-0.1, -0.05) is 26.2 Å². The van der Waals surface area contributed by atoms with Gasteiger partial charge in [0.15, 0.2) is 0 Å². The molecular weight excluding hydrogens is 222 g/mol. The van der Waals surface area contributed by atoms with Crippen LogP contribution in [0.5, 0.6) is 0 Å². The maximum atomic E-state index is 6.17. The van der Waals surface area contributed by atoms with Crippen LogP contribution in [0.4, 0.5) is 0 Å². The molecule has 2 aliphatic rings. The van der Waals surface area contributed by atoms with Gasteiger partial charge in [0, 0.05) is 18.1 Å². The van der Waals surface area contributed by atoms with E-state index in [2.05, 4.69) is 23.8 Å². The molecule has 0 spiro atoms. The van der Waals surface area contributed by atoms with Crippen molar-refractivity contribution in [2.75, 3.05) is 33.2 Å². The highest BCUT2D eigenvalue weighted by Crippen LogP contribution is 2.33. The van der Waals surface area contributed by atoms with Gasteiger partial charge in [-0.2, -0.15) is 0 Å². The molecule has 3 nitrogen and oxygen atoms in total. The van der Waals surface area contributed by atoms with E-state index in [1.807, 2.05) is 0 Å². The predicted octanol–water partition coefficient (Wildman–Crippen LogP) is 2.06. The molecule has 1 saturated carbocycles. The average molecular weight is 253 g/mol. The SMILES string of the molecule is CCN1CCC(CN)(N(C)C2CCCCC2)CC1. The summed E-state index contributed by atoms with van der Waals surface area (Å²) in [6.45, 7) is 6.74. The Balaban J connectivity index is 1.98. The number of likely N-dealkylation sites (tertiary alicyclic amines) is 1. The lowest BCUT2D eigenvalue weighted by Gasteiger charge is -2.50. The first-order valence-electron chi connectivity index (χ1n) is 7.87. The molecule has 0 atom stereocenters. The molecule has 2 N–H and O–H groups in total. The van der Waals surface area contributed by atoms with Crippen molar-refractivity contribution in [3.63, 3.8) is 0 Å². The van der Waals surface area contributed by atoms with E-state index in [-0.39, 0.29) is 5.54 Å². The number of piperidine rings is 1. The molecule has 0 aromatic carbocycles. The zero-order valence-corrected chi connectivity index (χ0v) is 12.3. The van der Waals surface area contributed by atoms with Gasteiger partial charge in [0.2, 0.25) is 0 Å². The van der Waals surface area contributed by atoms with E-state index in [0.29, 0.717) is 0 Å². The van der Waals surface area contributed by atoms with E-state index < -0.39 is 0 Å². The summed E-state index contributed by atoms with van der Waals surface area (Å²) in [6, 6.07) is 0.787. The highest BCUT2D eigenvalue weighted by Gasteiger charge is 2.39. The highest BCUT2D eigenvalue weighted by molar-refractivity contribution is 4.97. The van der Waals surface area contributed by atoms with Crippen LogP contribution in [0.3, 0.4) is 0 Å². The monoisotopic (exact) mass is 253 g/mol. The Labute approximate surface area is 113 Å². The third-order valence-corrected chi connectivity index (χ3v) is 5.48. The van der Waals surface area contributed by atoms with Crippen molar-refractivity contribution in [2.24, 2.45) is 5.73 Å². The fourth-order valence-electron chi connectivity index (χ4n) is 3.84. The molecule has 1 saturated heterocycles. The standard InChI is InChI=1S/C15H31N3/c1-3-18-11-9-15(13-16,10-12-18)17(2)14-7-5-4-6-8-14/h14H,3-13,16H2,1-2H3. The second kappa shape index (κ2) is 6.36. The normalized spacial score (nSPS) is 26.7. The Morgan fingerprint density at radius 1 is 1.17 bits per heavy atom. The van der Waals surface area contributed by atoms with Crippen LogP contribution in [0.1, 0.15) is 51.9 Å². The third kappa shape index (κ3) is 2.89. The second-order valence-corrected chi connectivity index (χ2v) is 6.27. The van der Waals surface area contributed by atoms with Gasteiger partial charge in [0.1, 0.15) is 0 Å².